The third kappa shape index (κ3) is 3.49. The first-order valence-corrected chi connectivity index (χ1v) is 5.37. The molecule has 1 unspecified atom stereocenters. The normalized spacial score (nSPS) is 12.3. The lowest BCUT2D eigenvalue weighted by atomic mass is 10.1. The van der Waals surface area contributed by atoms with Gasteiger partial charge in [0.05, 0.1) is 5.69 Å². The fraction of sp³-hybridized carbons (Fsp3) is 0.417. The molecule has 0 aliphatic rings. The molecular weight excluding hydrogens is 226 g/mol. The van der Waals surface area contributed by atoms with Crippen LogP contribution >= 0.6 is 0 Å². The fourth-order valence-corrected chi connectivity index (χ4v) is 1.40. The van der Waals surface area contributed by atoms with Gasteiger partial charge in [-0.3, -0.25) is 4.79 Å². The maximum atomic E-state index is 13.4. The minimum Gasteiger partial charge on any atom is -0.330 e. The number of carbonyl (C=O) groups is 1. The lowest BCUT2D eigenvalue weighted by Gasteiger charge is -2.19. The molecule has 17 heavy (non-hydrogen) atoms. The molecule has 94 valence electrons. The van der Waals surface area contributed by atoms with Gasteiger partial charge in [-0.05, 0) is 24.6 Å². The Morgan fingerprint density at radius 1 is 1.47 bits per heavy atom. The highest BCUT2D eigenvalue weighted by Crippen LogP contribution is 2.20. The van der Waals surface area contributed by atoms with Crippen LogP contribution in [0.2, 0.25) is 0 Å². The van der Waals surface area contributed by atoms with Crippen molar-refractivity contribution >= 4 is 11.6 Å². The molecule has 5 heteroatoms. The number of benzene rings is 1. The zero-order chi connectivity index (χ0) is 13.0. The first kappa shape index (κ1) is 13.6. The number of anilines is 1. The van der Waals surface area contributed by atoms with Crippen LogP contribution in [0.3, 0.4) is 0 Å². The number of rotatable bonds is 4. The van der Waals surface area contributed by atoms with Crippen LogP contribution in [0, 0.1) is 17.6 Å². The Balaban J connectivity index is 2.84. The van der Waals surface area contributed by atoms with Gasteiger partial charge in [0.1, 0.15) is 11.6 Å². The summed E-state index contributed by atoms with van der Waals surface area (Å²) in [4.78, 5) is 12.9. The number of carbonyl (C=O) groups excluding carboxylic acids is 1. The molecule has 1 aromatic carbocycles. The summed E-state index contributed by atoms with van der Waals surface area (Å²) in [7, 11) is 1.42. The van der Waals surface area contributed by atoms with Gasteiger partial charge < -0.3 is 10.6 Å². The van der Waals surface area contributed by atoms with Crippen molar-refractivity contribution in [3.8, 4) is 0 Å². The van der Waals surface area contributed by atoms with Crippen molar-refractivity contribution in [2.45, 2.75) is 13.3 Å². The Labute approximate surface area is 99.2 Å². The van der Waals surface area contributed by atoms with E-state index >= 15 is 0 Å². The van der Waals surface area contributed by atoms with Crippen molar-refractivity contribution < 1.29 is 13.6 Å². The van der Waals surface area contributed by atoms with Gasteiger partial charge in [-0.2, -0.15) is 0 Å². The molecule has 3 nitrogen and oxygen atoms in total. The van der Waals surface area contributed by atoms with E-state index in [9.17, 15) is 13.6 Å². The average Bonchev–Trinajstić information content (AvgIpc) is 2.31. The van der Waals surface area contributed by atoms with Gasteiger partial charge in [0.25, 0.3) is 0 Å². The standard InChI is InChI=1S/C12H16F2N2O/c1-8(7-15)5-12(17)16(2)11-6-9(13)3-4-10(11)14/h3-4,6,8H,5,7,15H2,1-2H3. The summed E-state index contributed by atoms with van der Waals surface area (Å²) in [5.74, 6) is -1.47. The van der Waals surface area contributed by atoms with Gasteiger partial charge in [-0.15, -0.1) is 0 Å². The Bertz CT molecular complexity index is 409. The maximum Gasteiger partial charge on any atom is 0.227 e. The van der Waals surface area contributed by atoms with Gasteiger partial charge in [0, 0.05) is 19.5 Å². The van der Waals surface area contributed by atoms with E-state index in [-0.39, 0.29) is 23.9 Å². The number of amides is 1. The summed E-state index contributed by atoms with van der Waals surface area (Å²) < 4.78 is 26.4. The van der Waals surface area contributed by atoms with Crippen LogP contribution in [0.5, 0.6) is 0 Å². The molecule has 0 aliphatic heterocycles. The van der Waals surface area contributed by atoms with Gasteiger partial charge >= 0.3 is 0 Å². The summed E-state index contributed by atoms with van der Waals surface area (Å²) in [5.41, 5.74) is 5.35. The smallest absolute Gasteiger partial charge is 0.227 e. The highest BCUT2D eigenvalue weighted by Gasteiger charge is 2.17. The van der Waals surface area contributed by atoms with Crippen molar-refractivity contribution in [3.05, 3.63) is 29.8 Å². The SMILES string of the molecule is CC(CN)CC(=O)N(C)c1cc(F)ccc1F. The molecule has 1 aromatic rings. The number of hydrogen-bond donors (Lipinski definition) is 1. The zero-order valence-corrected chi connectivity index (χ0v) is 9.91. The average molecular weight is 242 g/mol. The molecule has 1 atom stereocenters. The van der Waals surface area contributed by atoms with E-state index in [0.717, 1.165) is 23.1 Å². The molecule has 0 saturated heterocycles. The first-order valence-electron chi connectivity index (χ1n) is 5.37. The van der Waals surface area contributed by atoms with Crippen molar-refractivity contribution in [2.24, 2.45) is 11.7 Å². The van der Waals surface area contributed by atoms with Crippen LogP contribution in [0.4, 0.5) is 14.5 Å². The second kappa shape index (κ2) is 5.72. The monoisotopic (exact) mass is 242 g/mol. The van der Waals surface area contributed by atoms with E-state index in [4.69, 9.17) is 5.73 Å². The molecule has 0 radical (unpaired) electrons. The molecule has 0 aromatic heterocycles. The second-order valence-corrected chi connectivity index (χ2v) is 4.09. The van der Waals surface area contributed by atoms with Crippen molar-refractivity contribution in [3.63, 3.8) is 0 Å². The molecular formula is C12H16F2N2O. The molecule has 0 aliphatic carbocycles. The summed E-state index contributed by atoms with van der Waals surface area (Å²) in [5, 5.41) is 0. The Morgan fingerprint density at radius 2 is 2.12 bits per heavy atom. The first-order chi connectivity index (χ1) is 7.95. The van der Waals surface area contributed by atoms with Crippen molar-refractivity contribution in [1.82, 2.24) is 0 Å². The van der Waals surface area contributed by atoms with E-state index < -0.39 is 11.6 Å². The summed E-state index contributed by atoms with van der Waals surface area (Å²) in [6.45, 7) is 2.21. The summed E-state index contributed by atoms with van der Waals surface area (Å²) in [6.07, 6.45) is 0.211. The van der Waals surface area contributed by atoms with Crippen LogP contribution in [0.1, 0.15) is 13.3 Å². The molecule has 1 amide bonds. The van der Waals surface area contributed by atoms with Crippen LogP contribution in [-0.2, 0) is 4.79 Å². The van der Waals surface area contributed by atoms with Crippen LogP contribution < -0.4 is 10.6 Å². The topological polar surface area (TPSA) is 46.3 Å². The molecule has 2 N–H and O–H groups in total. The lowest BCUT2D eigenvalue weighted by Crippen LogP contribution is -2.30. The van der Waals surface area contributed by atoms with E-state index in [1.54, 1.807) is 0 Å². The van der Waals surface area contributed by atoms with Crippen molar-refractivity contribution in [2.75, 3.05) is 18.5 Å². The Morgan fingerprint density at radius 3 is 2.71 bits per heavy atom. The zero-order valence-electron chi connectivity index (χ0n) is 9.91. The summed E-state index contributed by atoms with van der Waals surface area (Å²) >= 11 is 0. The van der Waals surface area contributed by atoms with Gasteiger partial charge in [-0.1, -0.05) is 6.92 Å². The summed E-state index contributed by atoms with van der Waals surface area (Å²) in [6, 6.07) is 3.01. The van der Waals surface area contributed by atoms with E-state index in [1.165, 1.54) is 7.05 Å². The highest BCUT2D eigenvalue weighted by atomic mass is 19.1. The van der Waals surface area contributed by atoms with Crippen LogP contribution in [-0.4, -0.2) is 19.5 Å². The molecule has 0 heterocycles. The second-order valence-electron chi connectivity index (χ2n) is 4.09. The fourth-order valence-electron chi connectivity index (χ4n) is 1.40. The molecule has 0 fully saturated rings. The number of nitrogens with zero attached hydrogens (tertiary/aromatic N) is 1. The third-order valence-electron chi connectivity index (χ3n) is 2.57. The van der Waals surface area contributed by atoms with E-state index in [2.05, 4.69) is 0 Å². The van der Waals surface area contributed by atoms with Crippen LogP contribution in [0.15, 0.2) is 18.2 Å². The Kier molecular flexibility index (Phi) is 4.57. The molecule has 0 bridgehead atoms. The third-order valence-corrected chi connectivity index (χ3v) is 2.57. The van der Waals surface area contributed by atoms with E-state index in [0.29, 0.717) is 6.54 Å². The Hall–Kier alpha value is -1.49. The largest absolute Gasteiger partial charge is 0.330 e. The predicted octanol–water partition coefficient (Wildman–Crippen LogP) is 1.91. The van der Waals surface area contributed by atoms with Crippen LogP contribution in [0.25, 0.3) is 0 Å². The van der Waals surface area contributed by atoms with Crippen molar-refractivity contribution in [1.29, 1.82) is 0 Å². The molecule has 0 spiro atoms. The quantitative estimate of drug-likeness (QED) is 0.876. The number of hydrogen-bond acceptors (Lipinski definition) is 2. The van der Waals surface area contributed by atoms with Gasteiger partial charge in [-0.25, -0.2) is 8.78 Å². The van der Waals surface area contributed by atoms with Gasteiger partial charge in [0.15, 0.2) is 0 Å². The molecule has 0 saturated carbocycles. The molecule has 1 rings (SSSR count). The maximum absolute atomic E-state index is 13.4. The van der Waals surface area contributed by atoms with E-state index in [1.807, 2.05) is 6.92 Å². The minimum atomic E-state index is -0.623. The predicted molar refractivity (Wildman–Crippen MR) is 62.6 cm³/mol. The highest BCUT2D eigenvalue weighted by molar-refractivity contribution is 5.93. The lowest BCUT2D eigenvalue weighted by molar-refractivity contribution is -0.119. The number of halogens is 2. The van der Waals surface area contributed by atoms with Gasteiger partial charge in [0.2, 0.25) is 5.91 Å². The minimum absolute atomic E-state index is 0.0153. The number of nitrogens with two attached hydrogens (primary N) is 1.